The molecule has 0 aliphatic carbocycles. The molecule has 1 aliphatic heterocycles. The highest BCUT2D eigenvalue weighted by atomic mass is 16.5. The van der Waals surface area contributed by atoms with Crippen LogP contribution < -0.4 is 16.0 Å². The Morgan fingerprint density at radius 2 is 1.90 bits per heavy atom. The molecule has 0 spiro atoms. The van der Waals surface area contributed by atoms with Crippen LogP contribution in [0, 0.1) is 24.7 Å². The Hall–Kier alpha value is -4.28. The average molecular weight is 581 g/mol. The molecule has 0 unspecified atom stereocenters. The summed E-state index contributed by atoms with van der Waals surface area (Å²) in [6.07, 6.45) is 3.82. The smallest absolute Gasteiger partial charge is 0.330 e. The van der Waals surface area contributed by atoms with Gasteiger partial charge in [-0.1, -0.05) is 55.4 Å². The van der Waals surface area contributed by atoms with E-state index in [1.54, 1.807) is 13.8 Å². The molecule has 2 heterocycles. The van der Waals surface area contributed by atoms with Crippen molar-refractivity contribution in [2.75, 3.05) is 13.2 Å². The Morgan fingerprint density at radius 3 is 2.50 bits per heavy atom. The van der Waals surface area contributed by atoms with Crippen molar-refractivity contribution in [3.63, 3.8) is 0 Å². The third-order valence-corrected chi connectivity index (χ3v) is 7.08. The first-order chi connectivity index (χ1) is 20.1. The van der Waals surface area contributed by atoms with E-state index in [1.165, 1.54) is 18.2 Å². The summed E-state index contributed by atoms with van der Waals surface area (Å²) in [6.45, 7) is 7.73. The number of aromatic nitrogens is 1. The maximum atomic E-state index is 13.7. The highest BCUT2D eigenvalue weighted by molar-refractivity contribution is 5.97. The Bertz CT molecular complexity index is 1270. The number of Topliss-reactive ketones (excluding diaryl/α,β-unsaturated/α-hetero) is 1. The van der Waals surface area contributed by atoms with E-state index in [2.05, 4.69) is 21.1 Å². The SMILES string of the molecule is CCOC(=O)/C=C/[C@H](C[C@@H]1CCNC1=O)NC(=O)[C@@H](CC(=O)[C@@H](NC(=O)c1cc(C)on1)C(C)C)Cc1ccccc1. The van der Waals surface area contributed by atoms with Crippen LogP contribution in [0.25, 0.3) is 0 Å². The molecule has 11 heteroatoms. The van der Waals surface area contributed by atoms with E-state index in [0.717, 1.165) is 5.56 Å². The predicted octanol–water partition coefficient (Wildman–Crippen LogP) is 2.69. The van der Waals surface area contributed by atoms with Gasteiger partial charge in [-0.25, -0.2) is 4.79 Å². The quantitative estimate of drug-likeness (QED) is 0.214. The molecule has 3 N–H and O–H groups in total. The lowest BCUT2D eigenvalue weighted by Crippen LogP contribution is -2.47. The fourth-order valence-corrected chi connectivity index (χ4v) is 4.88. The highest BCUT2D eigenvalue weighted by Gasteiger charge is 2.32. The number of esters is 1. The summed E-state index contributed by atoms with van der Waals surface area (Å²) >= 11 is 0. The topological polar surface area (TPSA) is 157 Å². The van der Waals surface area contributed by atoms with Crippen molar-refractivity contribution in [2.45, 2.75) is 65.5 Å². The Kier molecular flexibility index (Phi) is 12.0. The molecule has 0 bridgehead atoms. The first-order valence-corrected chi connectivity index (χ1v) is 14.3. The second-order valence-corrected chi connectivity index (χ2v) is 10.8. The summed E-state index contributed by atoms with van der Waals surface area (Å²) in [7, 11) is 0. The molecule has 1 aromatic carbocycles. The zero-order valence-corrected chi connectivity index (χ0v) is 24.6. The second-order valence-electron chi connectivity index (χ2n) is 10.8. The molecule has 226 valence electrons. The van der Waals surface area contributed by atoms with Gasteiger partial charge < -0.3 is 25.2 Å². The van der Waals surface area contributed by atoms with Crippen LogP contribution in [0.2, 0.25) is 0 Å². The van der Waals surface area contributed by atoms with Crippen molar-refractivity contribution in [2.24, 2.45) is 17.8 Å². The number of nitrogens with zero attached hydrogens (tertiary/aromatic N) is 1. The average Bonchev–Trinajstić information content (AvgIpc) is 3.57. The van der Waals surface area contributed by atoms with E-state index in [4.69, 9.17) is 9.26 Å². The third-order valence-electron chi connectivity index (χ3n) is 7.08. The van der Waals surface area contributed by atoms with Gasteiger partial charge in [-0.05, 0) is 44.6 Å². The minimum Gasteiger partial charge on any atom is -0.463 e. The summed E-state index contributed by atoms with van der Waals surface area (Å²) in [4.78, 5) is 64.3. The fourth-order valence-electron chi connectivity index (χ4n) is 4.88. The molecule has 1 fully saturated rings. The number of ketones is 1. The van der Waals surface area contributed by atoms with Crippen LogP contribution in [-0.2, 0) is 30.3 Å². The highest BCUT2D eigenvalue weighted by Crippen LogP contribution is 2.20. The van der Waals surface area contributed by atoms with Gasteiger partial charge in [0.2, 0.25) is 11.8 Å². The zero-order valence-electron chi connectivity index (χ0n) is 24.6. The molecule has 1 saturated heterocycles. The maximum Gasteiger partial charge on any atom is 0.330 e. The van der Waals surface area contributed by atoms with Gasteiger partial charge in [-0.15, -0.1) is 0 Å². The molecule has 42 heavy (non-hydrogen) atoms. The van der Waals surface area contributed by atoms with Gasteiger partial charge in [-0.3, -0.25) is 19.2 Å². The number of carbonyl (C=O) groups is 5. The zero-order chi connectivity index (χ0) is 30.6. The number of amides is 3. The van der Waals surface area contributed by atoms with E-state index in [-0.39, 0.29) is 48.7 Å². The van der Waals surface area contributed by atoms with Crippen molar-refractivity contribution in [1.82, 2.24) is 21.1 Å². The van der Waals surface area contributed by atoms with Crippen LogP contribution in [0.4, 0.5) is 0 Å². The van der Waals surface area contributed by atoms with Crippen LogP contribution in [0.3, 0.4) is 0 Å². The molecular formula is C31H40N4O7. The summed E-state index contributed by atoms with van der Waals surface area (Å²) < 4.78 is 9.96. The minimum absolute atomic E-state index is 0.0664. The van der Waals surface area contributed by atoms with Crippen LogP contribution >= 0.6 is 0 Å². The number of ether oxygens (including phenoxy) is 1. The van der Waals surface area contributed by atoms with Gasteiger partial charge in [0.25, 0.3) is 5.91 Å². The van der Waals surface area contributed by atoms with Crippen LogP contribution in [0.15, 0.2) is 53.1 Å². The second kappa shape index (κ2) is 15.6. The molecule has 3 rings (SSSR count). The van der Waals surface area contributed by atoms with Crippen molar-refractivity contribution in [3.05, 3.63) is 65.6 Å². The van der Waals surface area contributed by atoms with Gasteiger partial charge >= 0.3 is 5.97 Å². The van der Waals surface area contributed by atoms with Gasteiger partial charge in [-0.2, -0.15) is 0 Å². The van der Waals surface area contributed by atoms with Gasteiger partial charge in [0.05, 0.1) is 12.6 Å². The summed E-state index contributed by atoms with van der Waals surface area (Å²) in [5.74, 6) is -2.78. The van der Waals surface area contributed by atoms with E-state index >= 15 is 0 Å². The summed E-state index contributed by atoms with van der Waals surface area (Å²) in [5.41, 5.74) is 0.930. The fraction of sp³-hybridized carbons (Fsp3) is 0.484. The normalized spacial score (nSPS) is 17.0. The number of carbonyl (C=O) groups excluding carboxylic acids is 5. The molecule has 0 radical (unpaired) electrons. The van der Waals surface area contributed by atoms with Crippen molar-refractivity contribution in [1.29, 1.82) is 0 Å². The molecule has 0 saturated carbocycles. The maximum absolute atomic E-state index is 13.7. The lowest BCUT2D eigenvalue weighted by Gasteiger charge is -2.25. The number of aryl methyl sites for hydroxylation is 1. The predicted molar refractivity (Wildman–Crippen MR) is 154 cm³/mol. The Balaban J connectivity index is 1.80. The largest absolute Gasteiger partial charge is 0.463 e. The van der Waals surface area contributed by atoms with Crippen molar-refractivity contribution < 1.29 is 33.2 Å². The number of nitrogens with one attached hydrogen (secondary N) is 3. The lowest BCUT2D eigenvalue weighted by atomic mass is 9.87. The first-order valence-electron chi connectivity index (χ1n) is 14.3. The number of rotatable bonds is 15. The lowest BCUT2D eigenvalue weighted by molar-refractivity contribution is -0.137. The number of benzene rings is 1. The monoisotopic (exact) mass is 580 g/mol. The summed E-state index contributed by atoms with van der Waals surface area (Å²) in [5, 5.41) is 12.2. The van der Waals surface area contributed by atoms with E-state index in [9.17, 15) is 24.0 Å². The first kappa shape index (κ1) is 32.2. The molecule has 3 amide bonds. The third kappa shape index (κ3) is 9.67. The van der Waals surface area contributed by atoms with Crippen LogP contribution in [0.1, 0.15) is 61.8 Å². The molecule has 4 atom stereocenters. The molecule has 1 aromatic heterocycles. The number of hydrogen-bond acceptors (Lipinski definition) is 8. The Morgan fingerprint density at radius 1 is 1.17 bits per heavy atom. The number of hydrogen-bond donors (Lipinski definition) is 3. The molecular weight excluding hydrogens is 540 g/mol. The molecule has 2 aromatic rings. The van der Waals surface area contributed by atoms with Gasteiger partial charge in [0, 0.05) is 43.0 Å². The van der Waals surface area contributed by atoms with Gasteiger partial charge in [0.15, 0.2) is 11.5 Å². The van der Waals surface area contributed by atoms with Gasteiger partial charge in [0.1, 0.15) is 5.76 Å². The van der Waals surface area contributed by atoms with E-state index < -0.39 is 35.8 Å². The van der Waals surface area contributed by atoms with E-state index in [0.29, 0.717) is 25.1 Å². The van der Waals surface area contributed by atoms with Crippen LogP contribution in [-0.4, -0.2) is 59.9 Å². The summed E-state index contributed by atoms with van der Waals surface area (Å²) in [6, 6.07) is 9.31. The standard InChI is InChI=1S/C31H40N4O7/c1-5-41-27(37)12-11-24(17-22-13-14-32-29(22)38)33-30(39)23(16-21-9-7-6-8-10-21)18-26(36)28(19(2)3)34-31(40)25-15-20(4)42-35-25/h6-12,15,19,22-24,28H,5,13-14,16-18H2,1-4H3,(H,32,38)(H,33,39)(H,34,40)/b12-11+/t22-,23+,24+,28-/m0/s1. The van der Waals surface area contributed by atoms with Crippen molar-refractivity contribution in [3.8, 4) is 0 Å². The van der Waals surface area contributed by atoms with Crippen LogP contribution in [0.5, 0.6) is 0 Å². The van der Waals surface area contributed by atoms with E-state index in [1.807, 2.05) is 44.2 Å². The van der Waals surface area contributed by atoms with Crippen molar-refractivity contribution >= 4 is 29.5 Å². The molecule has 1 aliphatic rings. The minimum atomic E-state index is -0.859. The molecule has 11 nitrogen and oxygen atoms in total. The Labute approximate surface area is 245 Å².